The van der Waals surface area contributed by atoms with Gasteiger partial charge in [-0.25, -0.2) is 9.97 Å². The van der Waals surface area contributed by atoms with Crippen LogP contribution in [0.25, 0.3) is 21.9 Å². The fourth-order valence-electron chi connectivity index (χ4n) is 4.32. The number of nitrogens with zero attached hydrogens (tertiary/aromatic N) is 4. The van der Waals surface area contributed by atoms with Gasteiger partial charge in [0.1, 0.15) is 11.5 Å². The van der Waals surface area contributed by atoms with Gasteiger partial charge in [-0.05, 0) is 37.1 Å². The number of para-hydroxylation sites is 1. The van der Waals surface area contributed by atoms with Gasteiger partial charge in [-0.15, -0.1) is 0 Å². The van der Waals surface area contributed by atoms with Gasteiger partial charge in [0.05, 0.1) is 35.7 Å². The van der Waals surface area contributed by atoms with Gasteiger partial charge in [-0.2, -0.15) is 0 Å². The van der Waals surface area contributed by atoms with E-state index in [9.17, 15) is 14.7 Å². The molecule has 1 fully saturated rings. The minimum absolute atomic E-state index is 0.116. The molecule has 1 unspecified atom stereocenters. The molecule has 1 aliphatic rings. The van der Waals surface area contributed by atoms with Crippen molar-refractivity contribution in [2.24, 2.45) is 0 Å². The first-order valence-electron chi connectivity index (χ1n) is 10.0. The lowest BCUT2D eigenvalue weighted by molar-refractivity contribution is 0.0728. The number of benzene rings is 1. The van der Waals surface area contributed by atoms with Gasteiger partial charge in [-0.1, -0.05) is 12.1 Å². The summed E-state index contributed by atoms with van der Waals surface area (Å²) in [5, 5.41) is 10.8. The summed E-state index contributed by atoms with van der Waals surface area (Å²) in [4.78, 5) is 40.3. The van der Waals surface area contributed by atoms with Gasteiger partial charge in [0.2, 0.25) is 0 Å². The number of likely N-dealkylation sites (tertiary alicyclic amines) is 1. The van der Waals surface area contributed by atoms with E-state index in [1.54, 1.807) is 41.6 Å². The Morgan fingerprint density at radius 2 is 2.03 bits per heavy atom. The molecule has 152 valence electrons. The Labute approximate surface area is 171 Å². The molecule has 0 radical (unpaired) electrons. The first kappa shape index (κ1) is 18.5. The van der Waals surface area contributed by atoms with E-state index in [2.05, 4.69) is 9.97 Å². The van der Waals surface area contributed by atoms with Gasteiger partial charge in [0.15, 0.2) is 0 Å². The molecule has 1 amide bonds. The number of aromatic nitrogens is 4. The average molecular weight is 403 g/mol. The zero-order valence-electron chi connectivity index (χ0n) is 16.3. The lowest BCUT2D eigenvalue weighted by Crippen LogP contribution is -2.36. The smallest absolute Gasteiger partial charge is 0.261 e. The van der Waals surface area contributed by atoms with Crippen LogP contribution in [-0.2, 0) is 6.54 Å². The number of pyridine rings is 1. The number of rotatable bonds is 4. The van der Waals surface area contributed by atoms with E-state index < -0.39 is 0 Å². The first-order valence-corrected chi connectivity index (χ1v) is 10.0. The Morgan fingerprint density at radius 1 is 1.20 bits per heavy atom. The molecule has 0 spiro atoms. The van der Waals surface area contributed by atoms with Crippen LogP contribution in [-0.4, -0.2) is 48.6 Å². The summed E-state index contributed by atoms with van der Waals surface area (Å²) in [6.45, 7) is 0.543. The number of carbonyl (C=O) groups excluding carboxylic acids is 1. The van der Waals surface area contributed by atoms with Crippen LogP contribution in [0.3, 0.4) is 0 Å². The number of carbonyl (C=O) groups is 1. The van der Waals surface area contributed by atoms with Crippen molar-refractivity contribution in [2.75, 3.05) is 13.2 Å². The monoisotopic (exact) mass is 403 g/mol. The molecule has 30 heavy (non-hydrogen) atoms. The summed E-state index contributed by atoms with van der Waals surface area (Å²) in [5.74, 6) is 0.409. The van der Waals surface area contributed by atoms with Crippen molar-refractivity contribution in [3.05, 3.63) is 70.5 Å². The highest BCUT2D eigenvalue weighted by atomic mass is 16.3. The normalized spacial score (nSPS) is 16.6. The van der Waals surface area contributed by atoms with Gasteiger partial charge >= 0.3 is 0 Å². The maximum atomic E-state index is 13.4. The minimum Gasteiger partial charge on any atom is -0.395 e. The predicted molar refractivity (Wildman–Crippen MR) is 112 cm³/mol. The first-order chi connectivity index (χ1) is 14.7. The lowest BCUT2D eigenvalue weighted by Gasteiger charge is -2.26. The maximum absolute atomic E-state index is 13.4. The fraction of sp³-hybridized carbons (Fsp3) is 0.273. The van der Waals surface area contributed by atoms with Crippen LogP contribution in [0.2, 0.25) is 0 Å². The number of aliphatic hydroxyl groups excluding tert-OH is 1. The van der Waals surface area contributed by atoms with Crippen LogP contribution in [0, 0.1) is 0 Å². The van der Waals surface area contributed by atoms with Crippen molar-refractivity contribution >= 4 is 27.8 Å². The van der Waals surface area contributed by atoms with Crippen molar-refractivity contribution in [1.29, 1.82) is 0 Å². The standard InChI is InChI=1S/C22H21N5O3/c28-12-11-27-20(25-17-7-2-1-5-15(17)21(27)29)18-8-4-10-26(18)22(30)16-13-24-19-14(16)6-3-9-23-19/h1-3,5-7,9,13,18,28H,4,8,10-12H2,(H,23,24). The largest absolute Gasteiger partial charge is 0.395 e. The highest BCUT2D eigenvalue weighted by molar-refractivity contribution is 6.06. The molecule has 4 aromatic rings. The van der Waals surface area contributed by atoms with Crippen molar-refractivity contribution in [1.82, 2.24) is 24.4 Å². The van der Waals surface area contributed by atoms with Gasteiger partial charge in [0, 0.05) is 24.3 Å². The molecule has 1 aliphatic heterocycles. The highest BCUT2D eigenvalue weighted by Gasteiger charge is 2.35. The van der Waals surface area contributed by atoms with Crippen molar-refractivity contribution in [3.63, 3.8) is 0 Å². The predicted octanol–water partition coefficient (Wildman–Crippen LogP) is 2.24. The Morgan fingerprint density at radius 3 is 2.90 bits per heavy atom. The van der Waals surface area contributed by atoms with Crippen LogP contribution in [0.1, 0.15) is 35.1 Å². The van der Waals surface area contributed by atoms with E-state index in [1.165, 1.54) is 4.57 Å². The van der Waals surface area contributed by atoms with Gasteiger partial charge in [-0.3, -0.25) is 14.2 Å². The minimum atomic E-state index is -0.331. The summed E-state index contributed by atoms with van der Waals surface area (Å²) in [6.07, 6.45) is 4.89. The molecule has 5 rings (SSSR count). The number of amides is 1. The second kappa shape index (κ2) is 7.38. The third-order valence-electron chi connectivity index (χ3n) is 5.71. The van der Waals surface area contributed by atoms with Crippen molar-refractivity contribution < 1.29 is 9.90 Å². The summed E-state index contributed by atoms with van der Waals surface area (Å²) in [6, 6.07) is 10.5. The second-order valence-electron chi connectivity index (χ2n) is 7.43. The Bertz CT molecular complexity index is 1310. The summed E-state index contributed by atoms with van der Waals surface area (Å²) < 4.78 is 1.51. The molecule has 8 heteroatoms. The Hall–Kier alpha value is -3.52. The molecular formula is C22H21N5O3. The highest BCUT2D eigenvalue weighted by Crippen LogP contribution is 2.33. The zero-order valence-corrected chi connectivity index (χ0v) is 16.3. The molecule has 0 aliphatic carbocycles. The molecule has 8 nitrogen and oxygen atoms in total. The molecule has 4 heterocycles. The summed E-state index contributed by atoms with van der Waals surface area (Å²) in [5.41, 5.74) is 1.63. The van der Waals surface area contributed by atoms with E-state index in [1.807, 2.05) is 12.1 Å². The van der Waals surface area contributed by atoms with Gasteiger partial charge < -0.3 is 15.0 Å². The van der Waals surface area contributed by atoms with Crippen LogP contribution >= 0.6 is 0 Å². The summed E-state index contributed by atoms with van der Waals surface area (Å²) in [7, 11) is 0. The molecular weight excluding hydrogens is 382 g/mol. The molecule has 1 saturated heterocycles. The quantitative estimate of drug-likeness (QED) is 0.544. The molecule has 1 atom stereocenters. The number of fused-ring (bicyclic) bond motifs is 2. The van der Waals surface area contributed by atoms with Gasteiger partial charge in [0.25, 0.3) is 11.5 Å². The number of hydrogen-bond donors (Lipinski definition) is 2. The number of H-pyrrole nitrogens is 1. The van der Waals surface area contributed by atoms with Crippen LogP contribution in [0.4, 0.5) is 0 Å². The third-order valence-corrected chi connectivity index (χ3v) is 5.71. The molecule has 0 bridgehead atoms. The van der Waals surface area contributed by atoms with Crippen molar-refractivity contribution in [3.8, 4) is 0 Å². The third kappa shape index (κ3) is 2.88. The van der Waals surface area contributed by atoms with E-state index in [0.717, 1.165) is 11.8 Å². The average Bonchev–Trinajstić information content (AvgIpc) is 3.42. The zero-order chi connectivity index (χ0) is 20.7. The van der Waals surface area contributed by atoms with E-state index in [0.29, 0.717) is 40.9 Å². The molecule has 1 aromatic carbocycles. The molecule has 0 saturated carbocycles. The van der Waals surface area contributed by atoms with E-state index in [4.69, 9.17) is 4.98 Å². The second-order valence-corrected chi connectivity index (χ2v) is 7.43. The van der Waals surface area contributed by atoms with Crippen LogP contribution < -0.4 is 5.56 Å². The number of aliphatic hydroxyl groups is 1. The molecule has 2 N–H and O–H groups in total. The topological polar surface area (TPSA) is 104 Å². The molecule has 3 aromatic heterocycles. The Kier molecular flexibility index (Phi) is 4.55. The lowest BCUT2D eigenvalue weighted by atomic mass is 10.1. The van der Waals surface area contributed by atoms with Crippen LogP contribution in [0.15, 0.2) is 53.6 Å². The van der Waals surface area contributed by atoms with Crippen molar-refractivity contribution in [2.45, 2.75) is 25.4 Å². The number of nitrogens with one attached hydrogen (secondary N) is 1. The summed E-state index contributed by atoms with van der Waals surface area (Å²) >= 11 is 0. The van der Waals surface area contributed by atoms with Crippen LogP contribution in [0.5, 0.6) is 0 Å². The van der Waals surface area contributed by atoms with E-state index in [-0.39, 0.29) is 30.7 Å². The fourth-order valence-corrected chi connectivity index (χ4v) is 4.32. The van der Waals surface area contributed by atoms with E-state index >= 15 is 0 Å². The number of hydrogen-bond acceptors (Lipinski definition) is 5. The number of aromatic amines is 1. The Balaban J connectivity index is 1.61. The SMILES string of the molecule is O=C(c1c[nH]c2ncccc12)N1CCCC1c1nc2ccccc2c(=O)n1CCO. The maximum Gasteiger partial charge on any atom is 0.261 e.